The first-order valence-corrected chi connectivity index (χ1v) is 5.62. The second kappa shape index (κ2) is 3.52. The zero-order valence-corrected chi connectivity index (χ0v) is 9.26. The lowest BCUT2D eigenvalue weighted by Crippen LogP contribution is -2.15. The van der Waals surface area contributed by atoms with Crippen LogP contribution < -0.4 is 5.73 Å². The van der Waals surface area contributed by atoms with Crippen LogP contribution in [-0.4, -0.2) is 10.8 Å². The van der Waals surface area contributed by atoms with Crippen molar-refractivity contribution in [2.75, 3.05) is 0 Å². The Morgan fingerprint density at radius 2 is 2.18 bits per heavy atom. The summed E-state index contributed by atoms with van der Waals surface area (Å²) < 4.78 is 13.3. The molecule has 2 aromatic rings. The van der Waals surface area contributed by atoms with Crippen LogP contribution in [0.4, 0.5) is 4.39 Å². The van der Waals surface area contributed by atoms with Crippen LogP contribution in [0.15, 0.2) is 18.2 Å². The van der Waals surface area contributed by atoms with Crippen molar-refractivity contribution in [1.82, 2.24) is 4.98 Å². The zero-order chi connectivity index (χ0) is 12.0. The molecule has 4 heteroatoms. The maximum atomic E-state index is 13.3. The Morgan fingerprint density at radius 1 is 1.35 bits per heavy atom. The van der Waals surface area contributed by atoms with Crippen molar-refractivity contribution >= 4 is 16.7 Å². The summed E-state index contributed by atoms with van der Waals surface area (Å²) in [4.78, 5) is 4.52. The molecule has 0 bridgehead atoms. The molecule has 1 aliphatic rings. The molecule has 3 rings (SSSR count). The normalized spacial score (nSPS) is 13.9. The van der Waals surface area contributed by atoms with Gasteiger partial charge in [-0.3, -0.25) is 10.4 Å². The van der Waals surface area contributed by atoms with E-state index in [0.717, 1.165) is 36.0 Å². The highest BCUT2D eigenvalue weighted by Crippen LogP contribution is 2.29. The number of aryl methyl sites for hydroxylation is 1. The van der Waals surface area contributed by atoms with E-state index in [1.165, 1.54) is 12.1 Å². The topological polar surface area (TPSA) is 62.8 Å². The molecule has 1 aromatic heterocycles. The van der Waals surface area contributed by atoms with Crippen LogP contribution in [0.3, 0.4) is 0 Å². The van der Waals surface area contributed by atoms with Gasteiger partial charge in [-0.25, -0.2) is 4.39 Å². The lowest BCUT2D eigenvalue weighted by molar-refractivity contribution is 0.629. The molecule has 1 aromatic carbocycles. The first-order valence-electron chi connectivity index (χ1n) is 5.62. The van der Waals surface area contributed by atoms with Crippen molar-refractivity contribution in [1.29, 1.82) is 5.41 Å². The predicted octanol–water partition coefficient (Wildman–Crippen LogP) is 2.15. The number of nitrogens with one attached hydrogen (secondary N) is 1. The minimum atomic E-state index is -0.320. The summed E-state index contributed by atoms with van der Waals surface area (Å²) in [5.74, 6) is -0.319. The Hall–Kier alpha value is -1.97. The van der Waals surface area contributed by atoms with Crippen molar-refractivity contribution in [3.05, 3.63) is 40.8 Å². The fourth-order valence-corrected chi connectivity index (χ4v) is 2.54. The van der Waals surface area contributed by atoms with Crippen molar-refractivity contribution in [3.63, 3.8) is 0 Å². The third-order valence-electron chi connectivity index (χ3n) is 3.24. The molecule has 86 valence electrons. The highest BCUT2D eigenvalue weighted by atomic mass is 19.1. The van der Waals surface area contributed by atoms with E-state index >= 15 is 0 Å². The van der Waals surface area contributed by atoms with Gasteiger partial charge in [0.25, 0.3) is 0 Å². The van der Waals surface area contributed by atoms with E-state index in [9.17, 15) is 4.39 Å². The van der Waals surface area contributed by atoms with Crippen molar-refractivity contribution in [3.8, 4) is 0 Å². The number of hydrogen-bond acceptors (Lipinski definition) is 2. The molecule has 0 spiro atoms. The minimum Gasteiger partial charge on any atom is -0.384 e. The smallest absolute Gasteiger partial charge is 0.123 e. The SMILES string of the molecule is N=C(N)c1c2c(nc3ccc(F)cc13)CCC2. The Bertz CT molecular complexity index is 634. The monoisotopic (exact) mass is 229 g/mol. The highest BCUT2D eigenvalue weighted by molar-refractivity contribution is 6.08. The predicted molar refractivity (Wildman–Crippen MR) is 64.7 cm³/mol. The van der Waals surface area contributed by atoms with Gasteiger partial charge >= 0.3 is 0 Å². The van der Waals surface area contributed by atoms with Crippen LogP contribution >= 0.6 is 0 Å². The highest BCUT2D eigenvalue weighted by Gasteiger charge is 2.21. The number of hydrogen-bond donors (Lipinski definition) is 2. The number of nitrogen functional groups attached to an aromatic ring is 1. The second-order valence-electron chi connectivity index (χ2n) is 4.34. The van der Waals surface area contributed by atoms with E-state index in [4.69, 9.17) is 11.1 Å². The van der Waals surface area contributed by atoms with Gasteiger partial charge in [0.15, 0.2) is 0 Å². The summed E-state index contributed by atoms with van der Waals surface area (Å²) >= 11 is 0. The fraction of sp³-hybridized carbons (Fsp3) is 0.231. The number of pyridine rings is 1. The zero-order valence-electron chi connectivity index (χ0n) is 9.26. The molecule has 0 atom stereocenters. The summed E-state index contributed by atoms with van der Waals surface area (Å²) in [6, 6.07) is 4.45. The number of benzene rings is 1. The molecule has 0 amide bonds. The number of aromatic nitrogens is 1. The molecule has 0 unspecified atom stereocenters. The van der Waals surface area contributed by atoms with E-state index < -0.39 is 0 Å². The van der Waals surface area contributed by atoms with E-state index in [-0.39, 0.29) is 11.7 Å². The summed E-state index contributed by atoms with van der Waals surface area (Å²) in [5, 5.41) is 8.34. The molecule has 3 N–H and O–H groups in total. The average Bonchev–Trinajstić information content (AvgIpc) is 2.72. The minimum absolute atomic E-state index is 0.00106. The second-order valence-corrected chi connectivity index (χ2v) is 4.34. The lowest BCUT2D eigenvalue weighted by atomic mass is 10.0. The van der Waals surface area contributed by atoms with Crippen LogP contribution in [0.25, 0.3) is 10.9 Å². The summed E-state index contributed by atoms with van der Waals surface area (Å²) in [6.45, 7) is 0. The van der Waals surface area contributed by atoms with Crippen LogP contribution in [0, 0.1) is 11.2 Å². The lowest BCUT2D eigenvalue weighted by Gasteiger charge is -2.10. The summed E-state index contributed by atoms with van der Waals surface area (Å²) in [7, 11) is 0. The van der Waals surface area contributed by atoms with Gasteiger partial charge < -0.3 is 5.73 Å². The Labute approximate surface area is 98.0 Å². The Balaban J connectivity index is 2.45. The van der Waals surface area contributed by atoms with E-state index in [1.54, 1.807) is 6.07 Å². The molecular weight excluding hydrogens is 217 g/mol. The molecule has 0 saturated carbocycles. The average molecular weight is 229 g/mol. The van der Waals surface area contributed by atoms with Crippen LogP contribution in [0.2, 0.25) is 0 Å². The maximum Gasteiger partial charge on any atom is 0.123 e. The Kier molecular flexibility index (Phi) is 2.11. The van der Waals surface area contributed by atoms with Gasteiger partial charge in [-0.05, 0) is 43.0 Å². The summed E-state index contributed by atoms with van der Waals surface area (Å²) in [6.07, 6.45) is 2.83. The molecule has 0 fully saturated rings. The fourth-order valence-electron chi connectivity index (χ4n) is 2.54. The quantitative estimate of drug-likeness (QED) is 0.581. The molecule has 1 heterocycles. The molecule has 17 heavy (non-hydrogen) atoms. The van der Waals surface area contributed by atoms with E-state index in [2.05, 4.69) is 4.98 Å². The first kappa shape index (κ1) is 10.2. The van der Waals surface area contributed by atoms with Crippen LogP contribution in [0.5, 0.6) is 0 Å². The van der Waals surface area contributed by atoms with Gasteiger partial charge in [0, 0.05) is 16.6 Å². The molecule has 3 nitrogen and oxygen atoms in total. The summed E-state index contributed by atoms with van der Waals surface area (Å²) in [5.41, 5.74) is 9.06. The number of rotatable bonds is 1. The molecular formula is C13H12FN3. The van der Waals surface area contributed by atoms with Crippen molar-refractivity contribution < 1.29 is 4.39 Å². The number of halogens is 1. The standard InChI is InChI=1S/C13H12FN3/c14-7-4-5-11-9(6-7)12(13(15)16)8-2-1-3-10(8)17-11/h4-6H,1-3H2,(H3,15,16). The van der Waals surface area contributed by atoms with Gasteiger partial charge in [0.1, 0.15) is 11.7 Å². The number of amidine groups is 1. The van der Waals surface area contributed by atoms with Crippen LogP contribution in [-0.2, 0) is 12.8 Å². The van der Waals surface area contributed by atoms with Gasteiger partial charge in [-0.2, -0.15) is 0 Å². The number of fused-ring (bicyclic) bond motifs is 2. The number of nitrogens with zero attached hydrogens (tertiary/aromatic N) is 1. The molecule has 0 aliphatic heterocycles. The third kappa shape index (κ3) is 1.48. The first-order chi connectivity index (χ1) is 8.16. The van der Waals surface area contributed by atoms with E-state index in [0.29, 0.717) is 10.9 Å². The van der Waals surface area contributed by atoms with Crippen molar-refractivity contribution in [2.45, 2.75) is 19.3 Å². The van der Waals surface area contributed by atoms with E-state index in [1.807, 2.05) is 0 Å². The molecule has 1 aliphatic carbocycles. The van der Waals surface area contributed by atoms with Gasteiger partial charge in [0.2, 0.25) is 0 Å². The molecule has 0 radical (unpaired) electrons. The van der Waals surface area contributed by atoms with Crippen LogP contribution in [0.1, 0.15) is 23.2 Å². The van der Waals surface area contributed by atoms with Gasteiger partial charge in [-0.1, -0.05) is 0 Å². The molecule has 0 saturated heterocycles. The third-order valence-corrected chi connectivity index (χ3v) is 3.24. The largest absolute Gasteiger partial charge is 0.384 e. The van der Waals surface area contributed by atoms with Gasteiger partial charge in [-0.15, -0.1) is 0 Å². The maximum absolute atomic E-state index is 13.3. The van der Waals surface area contributed by atoms with Gasteiger partial charge in [0.05, 0.1) is 5.52 Å². The Morgan fingerprint density at radius 3 is 2.94 bits per heavy atom. The van der Waals surface area contributed by atoms with Crippen molar-refractivity contribution in [2.24, 2.45) is 5.73 Å². The number of nitrogens with two attached hydrogens (primary N) is 1.